The molecule has 0 aliphatic carbocycles. The van der Waals surface area contributed by atoms with Gasteiger partial charge in [0.15, 0.2) is 5.65 Å². The van der Waals surface area contributed by atoms with Gasteiger partial charge in [-0.2, -0.15) is 5.10 Å². The molecule has 2 heterocycles. The van der Waals surface area contributed by atoms with E-state index in [1.54, 1.807) is 4.52 Å². The molecule has 0 spiro atoms. The predicted molar refractivity (Wildman–Crippen MR) is 66.5 cm³/mol. The number of carbonyl (C=O) groups is 1. The summed E-state index contributed by atoms with van der Waals surface area (Å²) in [6.45, 7) is 4.30. The van der Waals surface area contributed by atoms with E-state index in [4.69, 9.17) is 5.11 Å². The number of aliphatic hydroxyl groups is 1. The van der Waals surface area contributed by atoms with E-state index >= 15 is 0 Å². The molecule has 0 aliphatic heterocycles. The SMILES string of the molecule is Cc1cc(C)n2ncc(C(=O)NCCCO)c2n1. The zero-order valence-corrected chi connectivity index (χ0v) is 10.5. The highest BCUT2D eigenvalue weighted by Gasteiger charge is 2.14. The second-order valence-electron chi connectivity index (χ2n) is 4.17. The lowest BCUT2D eigenvalue weighted by Crippen LogP contribution is -2.25. The summed E-state index contributed by atoms with van der Waals surface area (Å²) in [4.78, 5) is 16.3. The summed E-state index contributed by atoms with van der Waals surface area (Å²) in [5.41, 5.74) is 2.81. The summed E-state index contributed by atoms with van der Waals surface area (Å²) in [6, 6.07) is 1.91. The van der Waals surface area contributed by atoms with Crippen molar-refractivity contribution in [3.63, 3.8) is 0 Å². The molecule has 0 fully saturated rings. The maximum Gasteiger partial charge on any atom is 0.256 e. The zero-order chi connectivity index (χ0) is 13.1. The lowest BCUT2D eigenvalue weighted by Gasteiger charge is -2.03. The van der Waals surface area contributed by atoms with Gasteiger partial charge in [0.1, 0.15) is 5.56 Å². The van der Waals surface area contributed by atoms with Crippen LogP contribution in [0.15, 0.2) is 12.3 Å². The Morgan fingerprint density at radius 3 is 3.00 bits per heavy atom. The molecule has 2 N–H and O–H groups in total. The maximum absolute atomic E-state index is 11.9. The maximum atomic E-state index is 11.9. The fourth-order valence-corrected chi connectivity index (χ4v) is 1.81. The van der Waals surface area contributed by atoms with Gasteiger partial charge in [0, 0.05) is 24.5 Å². The Bertz CT molecular complexity index is 577. The van der Waals surface area contributed by atoms with Crippen LogP contribution in [-0.2, 0) is 0 Å². The van der Waals surface area contributed by atoms with Gasteiger partial charge in [0.2, 0.25) is 0 Å². The van der Waals surface area contributed by atoms with E-state index in [1.807, 2.05) is 19.9 Å². The molecule has 0 atom stereocenters. The first-order valence-corrected chi connectivity index (χ1v) is 5.84. The highest BCUT2D eigenvalue weighted by molar-refractivity contribution is 5.99. The summed E-state index contributed by atoms with van der Waals surface area (Å²) in [6.07, 6.45) is 2.06. The lowest BCUT2D eigenvalue weighted by atomic mass is 10.3. The quantitative estimate of drug-likeness (QED) is 0.770. The van der Waals surface area contributed by atoms with Crippen molar-refractivity contribution in [3.8, 4) is 0 Å². The summed E-state index contributed by atoms with van der Waals surface area (Å²) >= 11 is 0. The molecule has 2 rings (SSSR count). The first-order chi connectivity index (χ1) is 8.63. The summed E-state index contributed by atoms with van der Waals surface area (Å²) in [5, 5.41) is 15.6. The van der Waals surface area contributed by atoms with Gasteiger partial charge in [-0.3, -0.25) is 4.79 Å². The van der Waals surface area contributed by atoms with Gasteiger partial charge in [-0.05, 0) is 26.3 Å². The number of hydrogen-bond acceptors (Lipinski definition) is 4. The predicted octanol–water partition coefficient (Wildman–Crippen LogP) is 0.458. The van der Waals surface area contributed by atoms with Crippen LogP contribution < -0.4 is 5.32 Å². The third-order valence-electron chi connectivity index (χ3n) is 2.64. The van der Waals surface area contributed by atoms with Gasteiger partial charge in [-0.25, -0.2) is 9.50 Å². The van der Waals surface area contributed by atoms with Crippen LogP contribution in [0.3, 0.4) is 0 Å². The number of nitrogens with zero attached hydrogens (tertiary/aromatic N) is 3. The average Bonchev–Trinajstić information content (AvgIpc) is 2.73. The van der Waals surface area contributed by atoms with E-state index in [1.165, 1.54) is 6.20 Å². The van der Waals surface area contributed by atoms with Crippen molar-refractivity contribution in [1.82, 2.24) is 19.9 Å². The summed E-state index contributed by atoms with van der Waals surface area (Å²) < 4.78 is 1.65. The molecule has 0 saturated heterocycles. The number of nitrogens with one attached hydrogen (secondary N) is 1. The summed E-state index contributed by atoms with van der Waals surface area (Å²) in [5.74, 6) is -0.212. The molecule has 6 nitrogen and oxygen atoms in total. The van der Waals surface area contributed by atoms with Gasteiger partial charge in [0.25, 0.3) is 5.91 Å². The van der Waals surface area contributed by atoms with E-state index < -0.39 is 0 Å². The van der Waals surface area contributed by atoms with Crippen LogP contribution in [0, 0.1) is 13.8 Å². The van der Waals surface area contributed by atoms with Crippen LogP contribution in [0.5, 0.6) is 0 Å². The van der Waals surface area contributed by atoms with Gasteiger partial charge in [-0.1, -0.05) is 0 Å². The largest absolute Gasteiger partial charge is 0.396 e. The normalized spacial score (nSPS) is 10.8. The molecule has 0 bridgehead atoms. The van der Waals surface area contributed by atoms with Crippen molar-refractivity contribution in [3.05, 3.63) is 29.2 Å². The third-order valence-corrected chi connectivity index (χ3v) is 2.64. The fourth-order valence-electron chi connectivity index (χ4n) is 1.81. The molecule has 1 amide bonds. The van der Waals surface area contributed by atoms with Crippen LogP contribution in [0.2, 0.25) is 0 Å². The Labute approximate surface area is 105 Å². The molecule has 96 valence electrons. The van der Waals surface area contributed by atoms with E-state index in [-0.39, 0.29) is 12.5 Å². The van der Waals surface area contributed by atoms with Crippen molar-refractivity contribution in [2.24, 2.45) is 0 Å². The fraction of sp³-hybridized carbons (Fsp3) is 0.417. The standard InChI is InChI=1S/C12H16N4O2/c1-8-6-9(2)16-11(15-8)10(7-14-16)12(18)13-4-3-5-17/h6-7,17H,3-5H2,1-2H3,(H,13,18). The van der Waals surface area contributed by atoms with Crippen LogP contribution in [0.4, 0.5) is 0 Å². The Morgan fingerprint density at radius 1 is 1.50 bits per heavy atom. The molecule has 0 aliphatic rings. The number of fused-ring (bicyclic) bond motifs is 1. The third kappa shape index (κ3) is 2.33. The highest BCUT2D eigenvalue weighted by Crippen LogP contribution is 2.11. The molecule has 0 aromatic carbocycles. The number of carbonyl (C=O) groups excluding carboxylic acids is 1. The number of rotatable bonds is 4. The van der Waals surface area contributed by atoms with Gasteiger partial charge >= 0.3 is 0 Å². The molecular formula is C12H16N4O2. The van der Waals surface area contributed by atoms with Crippen molar-refractivity contribution >= 4 is 11.6 Å². The minimum absolute atomic E-state index is 0.0610. The second-order valence-corrected chi connectivity index (χ2v) is 4.17. The topological polar surface area (TPSA) is 79.5 Å². The van der Waals surface area contributed by atoms with Crippen LogP contribution in [0.25, 0.3) is 5.65 Å². The van der Waals surface area contributed by atoms with E-state index in [9.17, 15) is 4.79 Å². The van der Waals surface area contributed by atoms with Crippen molar-refractivity contribution in [1.29, 1.82) is 0 Å². The van der Waals surface area contributed by atoms with Crippen LogP contribution >= 0.6 is 0 Å². The van der Waals surface area contributed by atoms with E-state index in [0.717, 1.165) is 11.4 Å². The minimum Gasteiger partial charge on any atom is -0.396 e. The van der Waals surface area contributed by atoms with Gasteiger partial charge < -0.3 is 10.4 Å². The number of aromatic nitrogens is 3. The first kappa shape index (κ1) is 12.5. The number of amides is 1. The van der Waals surface area contributed by atoms with Crippen LogP contribution in [-0.4, -0.2) is 38.8 Å². The van der Waals surface area contributed by atoms with E-state index in [2.05, 4.69) is 15.4 Å². The first-order valence-electron chi connectivity index (χ1n) is 5.84. The Hall–Kier alpha value is -1.95. The molecule has 0 radical (unpaired) electrons. The molecule has 2 aromatic heterocycles. The minimum atomic E-state index is -0.212. The molecule has 0 saturated carbocycles. The van der Waals surface area contributed by atoms with Gasteiger partial charge in [-0.15, -0.1) is 0 Å². The smallest absolute Gasteiger partial charge is 0.256 e. The molecule has 18 heavy (non-hydrogen) atoms. The van der Waals surface area contributed by atoms with Crippen molar-refractivity contribution in [2.75, 3.05) is 13.2 Å². The second kappa shape index (κ2) is 5.14. The monoisotopic (exact) mass is 248 g/mol. The molecule has 6 heteroatoms. The summed E-state index contributed by atoms with van der Waals surface area (Å²) in [7, 11) is 0. The lowest BCUT2D eigenvalue weighted by molar-refractivity contribution is 0.0952. The zero-order valence-electron chi connectivity index (χ0n) is 10.5. The van der Waals surface area contributed by atoms with Crippen LogP contribution in [0.1, 0.15) is 28.2 Å². The number of hydrogen-bond donors (Lipinski definition) is 2. The molecule has 0 unspecified atom stereocenters. The van der Waals surface area contributed by atoms with Crippen molar-refractivity contribution < 1.29 is 9.90 Å². The Kier molecular flexibility index (Phi) is 3.57. The number of aryl methyl sites for hydroxylation is 2. The Morgan fingerprint density at radius 2 is 2.28 bits per heavy atom. The van der Waals surface area contributed by atoms with Gasteiger partial charge in [0.05, 0.1) is 6.20 Å². The number of aliphatic hydroxyl groups excluding tert-OH is 1. The average molecular weight is 248 g/mol. The van der Waals surface area contributed by atoms with Crippen molar-refractivity contribution in [2.45, 2.75) is 20.3 Å². The molecule has 2 aromatic rings. The molecular weight excluding hydrogens is 232 g/mol. The Balaban J connectivity index is 2.31. The van der Waals surface area contributed by atoms with E-state index in [0.29, 0.717) is 24.2 Å². The highest BCUT2D eigenvalue weighted by atomic mass is 16.3.